The maximum absolute atomic E-state index is 12.6. The van der Waals surface area contributed by atoms with Crippen molar-refractivity contribution in [3.63, 3.8) is 0 Å². The third-order valence-electron chi connectivity index (χ3n) is 4.15. The minimum Gasteiger partial charge on any atom is -0.336 e. The normalized spacial score (nSPS) is 11.1. The Hall–Kier alpha value is -2.42. The molecular formula is C16H20BrN7O. The summed E-state index contributed by atoms with van der Waals surface area (Å²) in [6, 6.07) is 1.72. The molecule has 0 saturated carbocycles. The van der Waals surface area contributed by atoms with Crippen molar-refractivity contribution in [1.82, 2.24) is 34.2 Å². The molecule has 0 unspecified atom stereocenters. The second kappa shape index (κ2) is 6.83. The molecule has 0 spiro atoms. The fraction of sp³-hybridized carbons (Fsp3) is 0.375. The minimum absolute atomic E-state index is 0.122. The summed E-state index contributed by atoms with van der Waals surface area (Å²) >= 11 is 3.36. The molecule has 0 bridgehead atoms. The van der Waals surface area contributed by atoms with E-state index in [0.717, 1.165) is 21.4 Å². The topological polar surface area (TPSA) is 73.8 Å². The second-order valence-electron chi connectivity index (χ2n) is 6.01. The molecule has 132 valence electrons. The van der Waals surface area contributed by atoms with Crippen LogP contribution in [0.25, 0.3) is 0 Å². The highest BCUT2D eigenvalue weighted by Gasteiger charge is 2.18. The van der Waals surface area contributed by atoms with Crippen molar-refractivity contribution in [3.8, 4) is 0 Å². The van der Waals surface area contributed by atoms with Crippen molar-refractivity contribution in [2.24, 2.45) is 7.05 Å². The van der Waals surface area contributed by atoms with Crippen molar-refractivity contribution in [2.75, 3.05) is 7.05 Å². The van der Waals surface area contributed by atoms with Gasteiger partial charge in [-0.3, -0.25) is 14.2 Å². The summed E-state index contributed by atoms with van der Waals surface area (Å²) in [5, 5.41) is 12.9. The van der Waals surface area contributed by atoms with Gasteiger partial charge in [0.1, 0.15) is 12.4 Å². The van der Waals surface area contributed by atoms with Crippen LogP contribution in [0.2, 0.25) is 0 Å². The van der Waals surface area contributed by atoms with E-state index in [9.17, 15) is 4.79 Å². The summed E-state index contributed by atoms with van der Waals surface area (Å²) in [5.41, 5.74) is 3.48. The number of carbonyl (C=O) groups is 1. The third-order valence-corrected chi connectivity index (χ3v) is 4.56. The molecule has 0 aliphatic rings. The van der Waals surface area contributed by atoms with Crippen LogP contribution >= 0.6 is 15.9 Å². The van der Waals surface area contributed by atoms with Gasteiger partial charge in [0.25, 0.3) is 5.91 Å². The van der Waals surface area contributed by atoms with E-state index < -0.39 is 0 Å². The molecule has 3 heterocycles. The standard InChI is InChI=1S/C16H20BrN7O/c1-11-14(12(2)22(4)19-11)9-21(3)16(25)15-5-6-23(20-15)10-24-8-13(17)7-18-24/h5-8H,9-10H2,1-4H3. The van der Waals surface area contributed by atoms with Crippen LogP contribution in [-0.2, 0) is 20.3 Å². The average Bonchev–Trinajstić information content (AvgIpc) is 3.25. The number of nitrogens with zero attached hydrogens (tertiary/aromatic N) is 7. The van der Waals surface area contributed by atoms with Gasteiger partial charge in [-0.25, -0.2) is 4.68 Å². The van der Waals surface area contributed by atoms with Crippen LogP contribution in [-0.4, -0.2) is 47.2 Å². The molecular weight excluding hydrogens is 386 g/mol. The number of aryl methyl sites for hydroxylation is 2. The third kappa shape index (κ3) is 3.65. The lowest BCUT2D eigenvalue weighted by Gasteiger charge is -2.16. The van der Waals surface area contributed by atoms with Gasteiger partial charge in [0.2, 0.25) is 0 Å². The summed E-state index contributed by atoms with van der Waals surface area (Å²) < 4.78 is 6.15. The molecule has 3 aromatic heterocycles. The molecule has 0 N–H and O–H groups in total. The molecule has 0 aliphatic heterocycles. The van der Waals surface area contributed by atoms with Gasteiger partial charge in [-0.2, -0.15) is 15.3 Å². The number of hydrogen-bond donors (Lipinski definition) is 0. The molecule has 9 heteroatoms. The van der Waals surface area contributed by atoms with E-state index >= 15 is 0 Å². The van der Waals surface area contributed by atoms with Crippen molar-refractivity contribution in [3.05, 3.63) is 51.8 Å². The number of hydrogen-bond acceptors (Lipinski definition) is 4. The van der Waals surface area contributed by atoms with E-state index in [-0.39, 0.29) is 5.91 Å². The fourth-order valence-corrected chi connectivity index (χ4v) is 3.00. The number of rotatable bonds is 5. The Kier molecular flexibility index (Phi) is 4.76. The predicted octanol–water partition coefficient (Wildman–Crippen LogP) is 1.97. The monoisotopic (exact) mass is 405 g/mol. The van der Waals surface area contributed by atoms with Crippen LogP contribution in [0.15, 0.2) is 29.1 Å². The van der Waals surface area contributed by atoms with Gasteiger partial charge in [0.15, 0.2) is 0 Å². The highest BCUT2D eigenvalue weighted by molar-refractivity contribution is 9.10. The molecule has 0 aromatic carbocycles. The lowest BCUT2D eigenvalue weighted by atomic mass is 10.2. The van der Waals surface area contributed by atoms with E-state index in [1.807, 2.05) is 31.8 Å². The number of aromatic nitrogens is 6. The fourth-order valence-electron chi connectivity index (χ4n) is 2.67. The van der Waals surface area contributed by atoms with Gasteiger partial charge in [-0.05, 0) is 35.8 Å². The largest absolute Gasteiger partial charge is 0.336 e. The number of carbonyl (C=O) groups excluding carboxylic acids is 1. The van der Waals surface area contributed by atoms with Crippen LogP contribution in [0.3, 0.4) is 0 Å². The molecule has 0 aliphatic carbocycles. The first-order chi connectivity index (χ1) is 11.8. The highest BCUT2D eigenvalue weighted by atomic mass is 79.9. The first-order valence-electron chi connectivity index (χ1n) is 7.81. The van der Waals surface area contributed by atoms with Crippen LogP contribution in [0.4, 0.5) is 0 Å². The smallest absolute Gasteiger partial charge is 0.274 e. The van der Waals surface area contributed by atoms with Crippen molar-refractivity contribution in [2.45, 2.75) is 27.1 Å². The maximum atomic E-state index is 12.6. The van der Waals surface area contributed by atoms with Crippen LogP contribution in [0.5, 0.6) is 0 Å². The first-order valence-corrected chi connectivity index (χ1v) is 8.60. The summed E-state index contributed by atoms with van der Waals surface area (Å²) in [4.78, 5) is 14.3. The quantitative estimate of drug-likeness (QED) is 0.650. The SMILES string of the molecule is Cc1nn(C)c(C)c1CN(C)C(=O)c1ccn(Cn2cc(Br)cn2)n1. The number of amides is 1. The average molecular weight is 406 g/mol. The molecule has 3 aromatic rings. The van der Waals surface area contributed by atoms with Gasteiger partial charge < -0.3 is 4.90 Å². The molecule has 8 nitrogen and oxygen atoms in total. The van der Waals surface area contributed by atoms with Crippen LogP contribution < -0.4 is 0 Å². The summed E-state index contributed by atoms with van der Waals surface area (Å²) in [6.45, 7) is 4.91. The molecule has 0 saturated heterocycles. The van der Waals surface area contributed by atoms with Gasteiger partial charge in [-0.15, -0.1) is 0 Å². The zero-order chi connectivity index (χ0) is 18.1. The Morgan fingerprint density at radius 3 is 2.64 bits per heavy atom. The van der Waals surface area contributed by atoms with E-state index in [0.29, 0.717) is 18.9 Å². The van der Waals surface area contributed by atoms with Gasteiger partial charge in [-0.1, -0.05) is 0 Å². The van der Waals surface area contributed by atoms with E-state index in [1.54, 1.807) is 39.8 Å². The van der Waals surface area contributed by atoms with Crippen molar-refractivity contribution < 1.29 is 4.79 Å². The maximum Gasteiger partial charge on any atom is 0.274 e. The molecule has 0 radical (unpaired) electrons. The van der Waals surface area contributed by atoms with Crippen molar-refractivity contribution in [1.29, 1.82) is 0 Å². The van der Waals surface area contributed by atoms with Gasteiger partial charge in [0.05, 0.1) is 16.4 Å². The molecule has 3 rings (SSSR count). The zero-order valence-electron chi connectivity index (χ0n) is 14.6. The Morgan fingerprint density at radius 2 is 2.04 bits per heavy atom. The molecule has 0 atom stereocenters. The predicted molar refractivity (Wildman–Crippen MR) is 96.0 cm³/mol. The summed E-state index contributed by atoms with van der Waals surface area (Å²) in [7, 11) is 3.68. The molecule has 1 amide bonds. The Labute approximate surface area is 154 Å². The van der Waals surface area contributed by atoms with E-state index in [2.05, 4.69) is 31.2 Å². The summed E-state index contributed by atoms with van der Waals surface area (Å²) in [6.07, 6.45) is 5.34. The Morgan fingerprint density at radius 1 is 1.28 bits per heavy atom. The lowest BCUT2D eigenvalue weighted by molar-refractivity contribution is 0.0777. The first kappa shape index (κ1) is 17.4. The van der Waals surface area contributed by atoms with Gasteiger partial charge in [0, 0.05) is 44.3 Å². The Bertz CT molecular complexity index is 908. The molecule has 25 heavy (non-hydrogen) atoms. The number of halogens is 1. The zero-order valence-corrected chi connectivity index (χ0v) is 16.2. The van der Waals surface area contributed by atoms with Crippen molar-refractivity contribution >= 4 is 21.8 Å². The van der Waals surface area contributed by atoms with Gasteiger partial charge >= 0.3 is 0 Å². The Balaban J connectivity index is 1.70. The van der Waals surface area contributed by atoms with Crippen LogP contribution in [0.1, 0.15) is 27.4 Å². The van der Waals surface area contributed by atoms with Crippen LogP contribution in [0, 0.1) is 13.8 Å². The van der Waals surface area contributed by atoms with E-state index in [1.165, 1.54) is 0 Å². The second-order valence-corrected chi connectivity index (χ2v) is 6.93. The lowest BCUT2D eigenvalue weighted by Crippen LogP contribution is -2.27. The summed E-state index contributed by atoms with van der Waals surface area (Å²) in [5.74, 6) is -0.122. The van der Waals surface area contributed by atoms with E-state index in [4.69, 9.17) is 0 Å². The minimum atomic E-state index is -0.122. The molecule has 0 fully saturated rings. The highest BCUT2D eigenvalue weighted by Crippen LogP contribution is 2.15.